The number of amides is 2. The lowest BCUT2D eigenvalue weighted by Gasteiger charge is -2.57. The van der Waals surface area contributed by atoms with E-state index in [0.29, 0.717) is 44.3 Å². The first kappa shape index (κ1) is 19.0. The Labute approximate surface area is 173 Å². The Bertz CT molecular complexity index is 745. The second-order valence-electron chi connectivity index (χ2n) is 9.74. The molecular formula is C24H32N2O3. The van der Waals surface area contributed by atoms with Gasteiger partial charge in [-0.05, 0) is 87.5 Å². The van der Waals surface area contributed by atoms with Gasteiger partial charge in [-0.2, -0.15) is 0 Å². The van der Waals surface area contributed by atoms with Crippen LogP contribution in [0.4, 0.5) is 0 Å². The third-order valence-corrected chi connectivity index (χ3v) is 7.76. The van der Waals surface area contributed by atoms with Crippen LogP contribution in [0.15, 0.2) is 24.3 Å². The number of ether oxygens (including phenoxy) is 1. The van der Waals surface area contributed by atoms with Crippen LogP contribution in [0.1, 0.15) is 55.8 Å². The Morgan fingerprint density at radius 3 is 1.93 bits per heavy atom. The molecule has 4 saturated carbocycles. The van der Waals surface area contributed by atoms with Crippen molar-refractivity contribution in [2.24, 2.45) is 23.2 Å². The molecule has 4 bridgehead atoms. The zero-order chi connectivity index (χ0) is 20.0. The van der Waals surface area contributed by atoms with E-state index in [1.807, 2.05) is 36.1 Å². The molecule has 0 unspecified atom stereocenters. The van der Waals surface area contributed by atoms with E-state index in [1.54, 1.807) is 0 Å². The summed E-state index contributed by atoms with van der Waals surface area (Å²) in [7, 11) is 0. The van der Waals surface area contributed by atoms with Crippen LogP contribution < -0.4 is 4.74 Å². The highest BCUT2D eigenvalue weighted by molar-refractivity contribution is 5.94. The van der Waals surface area contributed by atoms with E-state index in [1.165, 1.54) is 19.3 Å². The third-order valence-electron chi connectivity index (χ3n) is 7.76. The molecule has 0 radical (unpaired) electrons. The van der Waals surface area contributed by atoms with Crippen LogP contribution in [0.25, 0.3) is 0 Å². The van der Waals surface area contributed by atoms with Gasteiger partial charge in [0.25, 0.3) is 5.91 Å². The summed E-state index contributed by atoms with van der Waals surface area (Å²) in [5.41, 5.74) is 0.616. The summed E-state index contributed by atoms with van der Waals surface area (Å²) in [5.74, 6) is 3.59. The minimum atomic E-state index is -0.0734. The molecule has 1 aromatic carbocycles. The van der Waals surface area contributed by atoms with Gasteiger partial charge in [-0.1, -0.05) is 0 Å². The molecule has 6 rings (SSSR count). The van der Waals surface area contributed by atoms with Crippen molar-refractivity contribution in [2.45, 2.75) is 45.4 Å². The van der Waals surface area contributed by atoms with E-state index in [9.17, 15) is 9.59 Å². The molecule has 29 heavy (non-hydrogen) atoms. The standard InChI is InChI=1S/C24H32N2O3/c1-2-29-21-5-3-20(4-6-21)22(27)25-7-9-26(10-8-25)23(28)24-14-17-11-18(15-24)13-19(12-17)16-24/h3-6,17-19H,2,7-16H2,1H3. The van der Waals surface area contributed by atoms with Crippen molar-refractivity contribution in [3.05, 3.63) is 29.8 Å². The van der Waals surface area contributed by atoms with Crippen molar-refractivity contribution in [3.63, 3.8) is 0 Å². The Kier molecular flexibility index (Phi) is 4.79. The molecule has 1 aliphatic heterocycles. The van der Waals surface area contributed by atoms with Gasteiger partial charge in [0.15, 0.2) is 0 Å². The van der Waals surface area contributed by atoms with Crippen LogP contribution in [0.5, 0.6) is 5.75 Å². The molecule has 5 fully saturated rings. The summed E-state index contributed by atoms with van der Waals surface area (Å²) >= 11 is 0. The number of rotatable bonds is 4. The molecule has 0 atom stereocenters. The lowest BCUT2D eigenvalue weighted by Crippen LogP contribution is -2.58. The molecule has 5 aliphatic rings. The van der Waals surface area contributed by atoms with E-state index in [-0.39, 0.29) is 11.3 Å². The molecule has 5 heteroatoms. The van der Waals surface area contributed by atoms with Crippen molar-refractivity contribution in [3.8, 4) is 5.75 Å². The fraction of sp³-hybridized carbons (Fsp3) is 0.667. The Balaban J connectivity index is 1.20. The number of carbonyl (C=O) groups is 2. The molecule has 1 saturated heterocycles. The zero-order valence-corrected chi connectivity index (χ0v) is 17.4. The normalized spacial score (nSPS) is 33.1. The molecular weight excluding hydrogens is 364 g/mol. The van der Waals surface area contributed by atoms with Crippen molar-refractivity contribution in [1.29, 1.82) is 0 Å². The summed E-state index contributed by atoms with van der Waals surface area (Å²) in [6, 6.07) is 7.37. The first-order valence-corrected chi connectivity index (χ1v) is 11.4. The van der Waals surface area contributed by atoms with Gasteiger partial charge in [0.1, 0.15) is 5.75 Å². The minimum absolute atomic E-state index is 0.0509. The summed E-state index contributed by atoms with van der Waals surface area (Å²) in [4.78, 5) is 30.3. The van der Waals surface area contributed by atoms with Gasteiger partial charge in [0.2, 0.25) is 5.91 Å². The molecule has 4 aliphatic carbocycles. The van der Waals surface area contributed by atoms with Crippen LogP contribution in [-0.4, -0.2) is 54.4 Å². The summed E-state index contributed by atoms with van der Waals surface area (Å²) in [6.45, 7) is 5.16. The molecule has 0 spiro atoms. The first-order valence-electron chi connectivity index (χ1n) is 11.4. The van der Waals surface area contributed by atoms with Crippen molar-refractivity contribution in [1.82, 2.24) is 9.80 Å². The largest absolute Gasteiger partial charge is 0.494 e. The highest BCUT2D eigenvalue weighted by Gasteiger charge is 2.55. The predicted octanol–water partition coefficient (Wildman–Crippen LogP) is 3.59. The average molecular weight is 397 g/mol. The van der Waals surface area contributed by atoms with Crippen LogP contribution in [0.2, 0.25) is 0 Å². The van der Waals surface area contributed by atoms with E-state index in [2.05, 4.69) is 4.90 Å². The van der Waals surface area contributed by atoms with Gasteiger partial charge in [-0.3, -0.25) is 9.59 Å². The van der Waals surface area contributed by atoms with E-state index in [0.717, 1.165) is 42.8 Å². The quantitative estimate of drug-likeness (QED) is 0.782. The topological polar surface area (TPSA) is 49.9 Å². The smallest absolute Gasteiger partial charge is 0.253 e. The Morgan fingerprint density at radius 1 is 0.897 bits per heavy atom. The number of piperazine rings is 1. The van der Waals surface area contributed by atoms with Gasteiger partial charge in [-0.15, -0.1) is 0 Å². The minimum Gasteiger partial charge on any atom is -0.494 e. The van der Waals surface area contributed by atoms with Crippen molar-refractivity contribution >= 4 is 11.8 Å². The number of benzene rings is 1. The van der Waals surface area contributed by atoms with Gasteiger partial charge >= 0.3 is 0 Å². The van der Waals surface area contributed by atoms with Gasteiger partial charge in [0.05, 0.1) is 12.0 Å². The number of hydrogen-bond donors (Lipinski definition) is 0. The van der Waals surface area contributed by atoms with E-state index in [4.69, 9.17) is 4.74 Å². The Morgan fingerprint density at radius 2 is 1.41 bits per heavy atom. The monoisotopic (exact) mass is 396 g/mol. The number of hydrogen-bond acceptors (Lipinski definition) is 3. The van der Waals surface area contributed by atoms with Crippen LogP contribution in [0, 0.1) is 23.2 Å². The zero-order valence-electron chi connectivity index (χ0n) is 17.4. The maximum Gasteiger partial charge on any atom is 0.253 e. The van der Waals surface area contributed by atoms with Gasteiger partial charge < -0.3 is 14.5 Å². The lowest BCUT2D eigenvalue weighted by molar-refractivity contribution is -0.159. The maximum absolute atomic E-state index is 13.5. The molecule has 0 aromatic heterocycles. The molecule has 1 aromatic rings. The first-order chi connectivity index (χ1) is 14.1. The number of nitrogens with zero attached hydrogens (tertiary/aromatic N) is 2. The number of carbonyl (C=O) groups excluding carboxylic acids is 2. The SMILES string of the molecule is CCOc1ccc(C(=O)N2CCN(C(=O)C34CC5CC(CC(C5)C3)C4)CC2)cc1. The van der Waals surface area contributed by atoms with Crippen LogP contribution in [-0.2, 0) is 4.79 Å². The van der Waals surface area contributed by atoms with Gasteiger partial charge in [-0.25, -0.2) is 0 Å². The summed E-state index contributed by atoms with van der Waals surface area (Å²) in [5, 5.41) is 0. The molecule has 156 valence electrons. The molecule has 2 amide bonds. The second kappa shape index (κ2) is 7.33. The van der Waals surface area contributed by atoms with Crippen molar-refractivity contribution < 1.29 is 14.3 Å². The molecule has 5 nitrogen and oxygen atoms in total. The van der Waals surface area contributed by atoms with Gasteiger partial charge in [0, 0.05) is 31.7 Å². The highest BCUT2D eigenvalue weighted by Crippen LogP contribution is 2.60. The predicted molar refractivity (Wildman–Crippen MR) is 111 cm³/mol. The fourth-order valence-electron chi connectivity index (χ4n) is 6.86. The van der Waals surface area contributed by atoms with Crippen LogP contribution >= 0.6 is 0 Å². The Hall–Kier alpha value is -2.04. The lowest BCUT2D eigenvalue weighted by atomic mass is 9.49. The molecule has 1 heterocycles. The molecule has 0 N–H and O–H groups in total. The van der Waals surface area contributed by atoms with Crippen molar-refractivity contribution in [2.75, 3.05) is 32.8 Å². The van der Waals surface area contributed by atoms with Crippen LogP contribution in [0.3, 0.4) is 0 Å². The van der Waals surface area contributed by atoms with E-state index < -0.39 is 0 Å². The van der Waals surface area contributed by atoms with E-state index >= 15 is 0 Å². The summed E-state index contributed by atoms with van der Waals surface area (Å²) in [6.07, 6.45) is 7.42. The highest BCUT2D eigenvalue weighted by atomic mass is 16.5. The summed E-state index contributed by atoms with van der Waals surface area (Å²) < 4.78 is 5.46. The average Bonchev–Trinajstić information content (AvgIpc) is 2.73. The maximum atomic E-state index is 13.5. The third kappa shape index (κ3) is 3.43. The fourth-order valence-corrected chi connectivity index (χ4v) is 6.86. The second-order valence-corrected chi connectivity index (χ2v) is 9.74.